The highest BCUT2D eigenvalue weighted by molar-refractivity contribution is 14.0. The molecule has 1 amide bonds. The summed E-state index contributed by atoms with van der Waals surface area (Å²) < 4.78 is 0. The van der Waals surface area contributed by atoms with Crippen LogP contribution in [0.4, 0.5) is 0 Å². The van der Waals surface area contributed by atoms with Crippen molar-refractivity contribution in [3.63, 3.8) is 0 Å². The van der Waals surface area contributed by atoms with Gasteiger partial charge in [0.15, 0.2) is 5.96 Å². The molecule has 1 aliphatic rings. The summed E-state index contributed by atoms with van der Waals surface area (Å²) in [6.07, 6.45) is 7.16. The molecule has 0 saturated heterocycles. The van der Waals surface area contributed by atoms with Crippen molar-refractivity contribution in [3.05, 3.63) is 35.9 Å². The van der Waals surface area contributed by atoms with Gasteiger partial charge in [0.2, 0.25) is 5.91 Å². The highest BCUT2D eigenvalue weighted by atomic mass is 127. The van der Waals surface area contributed by atoms with Gasteiger partial charge in [-0.25, -0.2) is 4.99 Å². The molecule has 1 aromatic rings. The van der Waals surface area contributed by atoms with Gasteiger partial charge in [-0.3, -0.25) is 4.79 Å². The molecule has 0 atom stereocenters. The van der Waals surface area contributed by atoms with Gasteiger partial charge < -0.3 is 15.5 Å². The third-order valence-corrected chi connectivity index (χ3v) is 4.37. The molecule has 0 aromatic heterocycles. The summed E-state index contributed by atoms with van der Waals surface area (Å²) in [5.41, 5.74) is 1.30. The van der Waals surface area contributed by atoms with Crippen molar-refractivity contribution >= 4 is 35.8 Å². The molecule has 1 aromatic carbocycles. The number of carbonyl (C=O) groups excluding carboxylic acids is 1. The zero-order valence-electron chi connectivity index (χ0n) is 15.3. The molecular weight excluding hydrogens is 427 g/mol. The Morgan fingerprint density at radius 2 is 1.84 bits per heavy atom. The van der Waals surface area contributed by atoms with Crippen molar-refractivity contribution in [2.75, 3.05) is 27.2 Å². The molecule has 0 unspecified atom stereocenters. The van der Waals surface area contributed by atoms with E-state index in [2.05, 4.69) is 39.9 Å². The van der Waals surface area contributed by atoms with Crippen LogP contribution in [0.3, 0.4) is 0 Å². The van der Waals surface area contributed by atoms with Gasteiger partial charge in [-0.2, -0.15) is 0 Å². The summed E-state index contributed by atoms with van der Waals surface area (Å²) in [6, 6.07) is 10.9. The van der Waals surface area contributed by atoms with E-state index >= 15 is 0 Å². The maximum atomic E-state index is 11.8. The fraction of sp³-hybridized carbons (Fsp3) is 0.579. The Morgan fingerprint density at radius 3 is 2.48 bits per heavy atom. The van der Waals surface area contributed by atoms with E-state index in [1.807, 2.05) is 6.07 Å². The second-order valence-electron chi connectivity index (χ2n) is 6.59. The summed E-state index contributed by atoms with van der Waals surface area (Å²) in [6.45, 7) is 0.985. The van der Waals surface area contributed by atoms with Crippen LogP contribution in [0.2, 0.25) is 0 Å². The summed E-state index contributed by atoms with van der Waals surface area (Å²) in [7, 11) is 3.52. The topological polar surface area (TPSA) is 56.7 Å². The second kappa shape index (κ2) is 12.1. The molecule has 0 spiro atoms. The molecule has 1 saturated carbocycles. The van der Waals surface area contributed by atoms with Crippen molar-refractivity contribution in [1.29, 1.82) is 0 Å². The van der Waals surface area contributed by atoms with Gasteiger partial charge in [0.05, 0.1) is 0 Å². The summed E-state index contributed by atoms with van der Waals surface area (Å²) in [4.78, 5) is 17.8. The minimum Gasteiger partial charge on any atom is -0.356 e. The van der Waals surface area contributed by atoms with Gasteiger partial charge in [-0.15, -0.1) is 24.0 Å². The van der Waals surface area contributed by atoms with Gasteiger partial charge >= 0.3 is 0 Å². The number of guanidine groups is 1. The first-order chi connectivity index (χ1) is 11.6. The number of rotatable bonds is 6. The molecule has 2 rings (SSSR count). The van der Waals surface area contributed by atoms with E-state index in [0.717, 1.165) is 18.9 Å². The van der Waals surface area contributed by atoms with Crippen LogP contribution in [0.15, 0.2) is 35.3 Å². The van der Waals surface area contributed by atoms with Crippen molar-refractivity contribution < 1.29 is 4.79 Å². The van der Waals surface area contributed by atoms with Crippen LogP contribution in [0.25, 0.3) is 0 Å². The Kier molecular flexibility index (Phi) is 10.5. The highest BCUT2D eigenvalue weighted by Gasteiger charge is 2.15. The molecule has 5 nitrogen and oxygen atoms in total. The number of likely N-dealkylation sites (N-methyl/N-ethyl adjacent to an activating group) is 1. The fourth-order valence-corrected chi connectivity index (χ4v) is 2.85. The van der Waals surface area contributed by atoms with E-state index in [0.29, 0.717) is 6.04 Å². The smallest absolute Gasteiger partial charge is 0.243 e. The average molecular weight is 458 g/mol. The zero-order chi connectivity index (χ0) is 17.2. The maximum absolute atomic E-state index is 11.8. The van der Waals surface area contributed by atoms with E-state index in [1.165, 1.54) is 37.7 Å². The first-order valence-electron chi connectivity index (χ1n) is 8.94. The fourth-order valence-electron chi connectivity index (χ4n) is 2.85. The van der Waals surface area contributed by atoms with Crippen LogP contribution < -0.4 is 10.6 Å². The van der Waals surface area contributed by atoms with Crippen molar-refractivity contribution in [3.8, 4) is 0 Å². The van der Waals surface area contributed by atoms with Crippen LogP contribution in [0.5, 0.6) is 0 Å². The number of aliphatic imine (C=N–C) groups is 1. The predicted octanol–water partition coefficient (Wildman–Crippen LogP) is 2.80. The van der Waals surface area contributed by atoms with Gasteiger partial charge in [-0.05, 0) is 24.8 Å². The number of hydrogen-bond donors (Lipinski definition) is 2. The third kappa shape index (κ3) is 8.56. The molecule has 6 heteroatoms. The van der Waals surface area contributed by atoms with Crippen LogP contribution in [-0.2, 0) is 11.2 Å². The van der Waals surface area contributed by atoms with Crippen LogP contribution in [0.1, 0.15) is 37.7 Å². The van der Waals surface area contributed by atoms with E-state index in [1.54, 1.807) is 19.0 Å². The molecule has 1 aliphatic carbocycles. The van der Waals surface area contributed by atoms with Gasteiger partial charge in [0, 0.05) is 26.7 Å². The number of benzene rings is 1. The molecule has 1 fully saturated rings. The first-order valence-corrected chi connectivity index (χ1v) is 8.94. The molecule has 0 bridgehead atoms. The monoisotopic (exact) mass is 458 g/mol. The minimum absolute atomic E-state index is 0. The van der Waals surface area contributed by atoms with Gasteiger partial charge in [-0.1, -0.05) is 49.6 Å². The third-order valence-electron chi connectivity index (χ3n) is 4.37. The average Bonchev–Trinajstić information content (AvgIpc) is 2.61. The summed E-state index contributed by atoms with van der Waals surface area (Å²) >= 11 is 0. The Balaban J connectivity index is 0.00000312. The number of hydrogen-bond acceptors (Lipinski definition) is 2. The second-order valence-corrected chi connectivity index (χ2v) is 6.59. The van der Waals surface area contributed by atoms with E-state index in [9.17, 15) is 4.79 Å². The summed E-state index contributed by atoms with van der Waals surface area (Å²) in [5.74, 6) is 0.774. The normalized spacial score (nSPS) is 15.2. The highest BCUT2D eigenvalue weighted by Crippen LogP contribution is 2.17. The number of nitrogens with one attached hydrogen (secondary N) is 2. The zero-order valence-corrected chi connectivity index (χ0v) is 17.7. The lowest BCUT2D eigenvalue weighted by atomic mass is 9.96. The maximum Gasteiger partial charge on any atom is 0.243 e. The van der Waals surface area contributed by atoms with E-state index in [4.69, 9.17) is 0 Å². The van der Waals surface area contributed by atoms with Crippen molar-refractivity contribution in [2.45, 2.75) is 44.6 Å². The van der Waals surface area contributed by atoms with Crippen LogP contribution in [0, 0.1) is 0 Å². The Morgan fingerprint density at radius 1 is 1.16 bits per heavy atom. The standard InChI is InChI=1S/C19H30N4O.HI/c1-23(2)18(24)15-21-19(22-17-11-7-4-8-12-17)20-14-13-16-9-5-3-6-10-16;/h3,5-6,9-10,17H,4,7-8,11-15H2,1-2H3,(H2,20,21,22);1H. The molecule has 2 N–H and O–H groups in total. The number of nitrogens with zero attached hydrogens (tertiary/aromatic N) is 2. The lowest BCUT2D eigenvalue weighted by Crippen LogP contribution is -2.45. The lowest BCUT2D eigenvalue weighted by molar-refractivity contribution is -0.127. The van der Waals surface area contributed by atoms with Crippen LogP contribution >= 0.6 is 24.0 Å². The van der Waals surface area contributed by atoms with Gasteiger partial charge in [0.1, 0.15) is 6.54 Å². The minimum atomic E-state index is 0. The lowest BCUT2D eigenvalue weighted by Gasteiger charge is -2.25. The molecule has 0 aliphatic heterocycles. The summed E-state index contributed by atoms with van der Waals surface area (Å²) in [5, 5.41) is 6.88. The Labute approximate surface area is 168 Å². The predicted molar refractivity (Wildman–Crippen MR) is 115 cm³/mol. The molecule has 0 radical (unpaired) electrons. The van der Waals surface area contributed by atoms with Crippen molar-refractivity contribution in [2.24, 2.45) is 4.99 Å². The number of halogens is 1. The Hall–Kier alpha value is -1.31. The first kappa shape index (κ1) is 21.7. The van der Waals surface area contributed by atoms with Crippen molar-refractivity contribution in [1.82, 2.24) is 15.5 Å². The molecule has 140 valence electrons. The quantitative estimate of drug-likeness (QED) is 0.392. The molecule has 25 heavy (non-hydrogen) atoms. The van der Waals surface area contributed by atoms with E-state index < -0.39 is 0 Å². The largest absolute Gasteiger partial charge is 0.356 e. The Bertz CT molecular complexity index is 527. The van der Waals surface area contributed by atoms with E-state index in [-0.39, 0.29) is 36.4 Å². The molecule has 0 heterocycles. The SMILES string of the molecule is CN(C)C(=O)CN=C(NCCc1ccccc1)NC1CCCCC1.I. The number of amides is 1. The van der Waals surface area contributed by atoms with Gasteiger partial charge in [0.25, 0.3) is 0 Å². The number of carbonyl (C=O) groups is 1. The van der Waals surface area contributed by atoms with Crippen LogP contribution in [-0.4, -0.2) is 50.0 Å². The molecular formula is C19H31IN4O.